The summed E-state index contributed by atoms with van der Waals surface area (Å²) in [5, 5.41) is 0. The van der Waals surface area contributed by atoms with Crippen LogP contribution in [0.5, 0.6) is 0 Å². The summed E-state index contributed by atoms with van der Waals surface area (Å²) >= 11 is 4.92. The van der Waals surface area contributed by atoms with Gasteiger partial charge in [0.1, 0.15) is 0 Å². The quantitative estimate of drug-likeness (QED) is 0.792. The van der Waals surface area contributed by atoms with Crippen LogP contribution in [-0.2, 0) is 4.79 Å². The number of hydrogen-bond acceptors (Lipinski definition) is 3. The molecule has 0 atom stereocenters. The van der Waals surface area contributed by atoms with Crippen molar-refractivity contribution in [1.29, 1.82) is 0 Å². The van der Waals surface area contributed by atoms with Gasteiger partial charge in [-0.05, 0) is 18.8 Å². The number of thiocarbonyl (C=S) groups is 1. The number of rotatable bonds is 4. The molecule has 0 aromatic heterocycles. The third-order valence-electron chi connectivity index (χ3n) is 4.29. The van der Waals surface area contributed by atoms with Crippen LogP contribution in [0.4, 0.5) is 0 Å². The first-order chi connectivity index (χ1) is 9.15. The molecule has 4 nitrogen and oxygen atoms in total. The Morgan fingerprint density at radius 3 is 2.32 bits per heavy atom. The second kappa shape index (κ2) is 7.20. The Labute approximate surface area is 121 Å². The largest absolute Gasteiger partial charge is 0.392 e. The molecule has 2 fully saturated rings. The summed E-state index contributed by atoms with van der Waals surface area (Å²) in [4.78, 5) is 17.0. The molecular formula is C14H25N3OS. The summed E-state index contributed by atoms with van der Waals surface area (Å²) in [6.07, 6.45) is 7.21. The molecule has 0 aromatic carbocycles. The van der Waals surface area contributed by atoms with Gasteiger partial charge in [-0.25, -0.2) is 0 Å². The van der Waals surface area contributed by atoms with E-state index in [1.807, 2.05) is 4.90 Å². The van der Waals surface area contributed by atoms with E-state index in [2.05, 4.69) is 4.90 Å². The molecule has 1 aliphatic carbocycles. The fourth-order valence-electron chi connectivity index (χ4n) is 3.14. The summed E-state index contributed by atoms with van der Waals surface area (Å²) in [6, 6.07) is 0. The molecule has 0 aromatic rings. The molecule has 1 amide bonds. The second-order valence-corrected chi connectivity index (χ2v) is 6.36. The summed E-state index contributed by atoms with van der Waals surface area (Å²) in [5.74, 6) is 0.984. The highest BCUT2D eigenvalue weighted by Crippen LogP contribution is 2.26. The van der Waals surface area contributed by atoms with Crippen molar-refractivity contribution in [2.45, 2.75) is 38.5 Å². The van der Waals surface area contributed by atoms with Gasteiger partial charge in [-0.3, -0.25) is 9.69 Å². The van der Waals surface area contributed by atoms with Crippen LogP contribution in [0.2, 0.25) is 0 Å². The number of hydrogen-bond donors (Lipinski definition) is 1. The average molecular weight is 283 g/mol. The van der Waals surface area contributed by atoms with Gasteiger partial charge >= 0.3 is 0 Å². The van der Waals surface area contributed by atoms with Crippen LogP contribution in [0.25, 0.3) is 0 Å². The maximum Gasteiger partial charge on any atom is 0.222 e. The standard InChI is InChI=1S/C14H25N3OS/c15-13(19)11-16-6-8-17(9-7-16)14(18)10-12-4-2-1-3-5-12/h12H,1-11H2,(H2,15,19). The lowest BCUT2D eigenvalue weighted by Crippen LogP contribution is -2.50. The van der Waals surface area contributed by atoms with Gasteiger partial charge in [0, 0.05) is 39.1 Å². The third kappa shape index (κ3) is 4.73. The van der Waals surface area contributed by atoms with Crippen molar-refractivity contribution in [2.75, 3.05) is 32.7 Å². The first kappa shape index (κ1) is 14.7. The van der Waals surface area contributed by atoms with Crippen molar-refractivity contribution in [3.63, 3.8) is 0 Å². The normalized spacial score (nSPS) is 22.4. The molecule has 1 heterocycles. The van der Waals surface area contributed by atoms with Gasteiger partial charge in [0.2, 0.25) is 5.91 Å². The van der Waals surface area contributed by atoms with Crippen LogP contribution in [0, 0.1) is 5.92 Å². The Balaban J connectivity index is 1.71. The minimum absolute atomic E-state index is 0.349. The Kier molecular flexibility index (Phi) is 5.58. The molecule has 1 saturated carbocycles. The smallest absolute Gasteiger partial charge is 0.222 e. The van der Waals surface area contributed by atoms with E-state index in [1.54, 1.807) is 0 Å². The zero-order valence-electron chi connectivity index (χ0n) is 11.6. The number of nitrogens with two attached hydrogens (primary N) is 1. The molecule has 2 rings (SSSR count). The number of piperazine rings is 1. The lowest BCUT2D eigenvalue weighted by molar-refractivity contribution is -0.134. The monoisotopic (exact) mass is 283 g/mol. The van der Waals surface area contributed by atoms with E-state index >= 15 is 0 Å². The van der Waals surface area contributed by atoms with Crippen molar-refractivity contribution in [1.82, 2.24) is 9.80 Å². The van der Waals surface area contributed by atoms with Crippen molar-refractivity contribution < 1.29 is 4.79 Å². The molecule has 19 heavy (non-hydrogen) atoms. The zero-order valence-corrected chi connectivity index (χ0v) is 12.5. The fraction of sp³-hybridized carbons (Fsp3) is 0.857. The number of carbonyl (C=O) groups is 1. The number of nitrogens with zero attached hydrogens (tertiary/aromatic N) is 2. The van der Waals surface area contributed by atoms with E-state index in [-0.39, 0.29) is 0 Å². The van der Waals surface area contributed by atoms with E-state index in [0.29, 0.717) is 23.4 Å². The molecule has 2 aliphatic rings. The molecule has 1 aliphatic heterocycles. The van der Waals surface area contributed by atoms with Crippen molar-refractivity contribution >= 4 is 23.1 Å². The summed E-state index contributed by atoms with van der Waals surface area (Å²) in [7, 11) is 0. The van der Waals surface area contributed by atoms with E-state index in [1.165, 1.54) is 32.1 Å². The Hall–Kier alpha value is -0.680. The Morgan fingerprint density at radius 1 is 1.11 bits per heavy atom. The van der Waals surface area contributed by atoms with E-state index in [4.69, 9.17) is 18.0 Å². The topological polar surface area (TPSA) is 49.6 Å². The molecule has 1 saturated heterocycles. The van der Waals surface area contributed by atoms with Crippen molar-refractivity contribution in [3.05, 3.63) is 0 Å². The molecule has 0 spiro atoms. The SMILES string of the molecule is NC(=S)CN1CCN(C(=O)CC2CCCCC2)CC1. The predicted molar refractivity (Wildman–Crippen MR) is 81.0 cm³/mol. The lowest BCUT2D eigenvalue weighted by atomic mass is 9.86. The molecule has 0 unspecified atom stereocenters. The van der Waals surface area contributed by atoms with Crippen LogP contribution < -0.4 is 5.73 Å². The highest BCUT2D eigenvalue weighted by molar-refractivity contribution is 7.80. The van der Waals surface area contributed by atoms with E-state index in [9.17, 15) is 4.79 Å². The van der Waals surface area contributed by atoms with Crippen molar-refractivity contribution in [2.24, 2.45) is 11.7 Å². The third-order valence-corrected chi connectivity index (χ3v) is 4.42. The molecular weight excluding hydrogens is 258 g/mol. The highest BCUT2D eigenvalue weighted by Gasteiger charge is 2.24. The Bertz CT molecular complexity index is 321. The molecule has 0 bridgehead atoms. The van der Waals surface area contributed by atoms with E-state index in [0.717, 1.165) is 32.6 Å². The van der Waals surface area contributed by atoms with Crippen LogP contribution in [0.15, 0.2) is 0 Å². The Morgan fingerprint density at radius 2 is 1.74 bits per heavy atom. The minimum Gasteiger partial charge on any atom is -0.392 e. The van der Waals surface area contributed by atoms with Crippen LogP contribution in [-0.4, -0.2) is 53.4 Å². The van der Waals surface area contributed by atoms with Gasteiger partial charge < -0.3 is 10.6 Å². The van der Waals surface area contributed by atoms with Crippen LogP contribution >= 0.6 is 12.2 Å². The molecule has 0 radical (unpaired) electrons. The first-order valence-corrected chi connectivity index (χ1v) is 7.84. The van der Waals surface area contributed by atoms with Crippen molar-refractivity contribution in [3.8, 4) is 0 Å². The number of carbonyl (C=O) groups excluding carboxylic acids is 1. The highest BCUT2D eigenvalue weighted by atomic mass is 32.1. The molecule has 5 heteroatoms. The van der Waals surface area contributed by atoms with Gasteiger partial charge in [-0.1, -0.05) is 31.5 Å². The van der Waals surface area contributed by atoms with Gasteiger partial charge in [-0.2, -0.15) is 0 Å². The minimum atomic E-state index is 0.349. The van der Waals surface area contributed by atoms with Gasteiger partial charge in [-0.15, -0.1) is 0 Å². The summed E-state index contributed by atoms with van der Waals surface area (Å²) in [6.45, 7) is 4.13. The number of amides is 1. The van der Waals surface area contributed by atoms with Crippen LogP contribution in [0.1, 0.15) is 38.5 Å². The predicted octanol–water partition coefficient (Wildman–Crippen LogP) is 1.39. The first-order valence-electron chi connectivity index (χ1n) is 7.43. The van der Waals surface area contributed by atoms with Gasteiger partial charge in [0.25, 0.3) is 0 Å². The molecule has 2 N–H and O–H groups in total. The average Bonchev–Trinajstić information content (AvgIpc) is 2.40. The zero-order chi connectivity index (χ0) is 13.7. The van der Waals surface area contributed by atoms with Gasteiger partial charge in [0.15, 0.2) is 0 Å². The fourth-order valence-corrected chi connectivity index (χ4v) is 3.33. The summed E-state index contributed by atoms with van der Waals surface area (Å²) < 4.78 is 0. The lowest BCUT2D eigenvalue weighted by Gasteiger charge is -2.35. The molecule has 108 valence electrons. The maximum absolute atomic E-state index is 12.3. The van der Waals surface area contributed by atoms with Gasteiger partial charge in [0.05, 0.1) is 4.99 Å². The maximum atomic E-state index is 12.3. The van der Waals surface area contributed by atoms with E-state index < -0.39 is 0 Å². The van der Waals surface area contributed by atoms with Crippen LogP contribution in [0.3, 0.4) is 0 Å². The second-order valence-electron chi connectivity index (χ2n) is 5.83. The summed E-state index contributed by atoms with van der Waals surface area (Å²) in [5.41, 5.74) is 5.55.